The second kappa shape index (κ2) is 7.34. The molecule has 0 aromatic carbocycles. The number of rotatable bonds is 2. The molecular weight excluding hydrogens is 272 g/mol. The van der Waals surface area contributed by atoms with Crippen LogP contribution in [0, 0.1) is 13.8 Å². The molecule has 0 fully saturated rings. The van der Waals surface area contributed by atoms with Gasteiger partial charge in [0.15, 0.2) is 0 Å². The topological polar surface area (TPSA) is 41.9 Å². The highest BCUT2D eigenvalue weighted by Crippen LogP contribution is 2.28. The lowest BCUT2D eigenvalue weighted by atomic mass is 10.1. The molecule has 2 aromatic rings. The van der Waals surface area contributed by atoms with Crippen molar-refractivity contribution in [1.29, 1.82) is 0 Å². The van der Waals surface area contributed by atoms with Crippen molar-refractivity contribution in [1.82, 2.24) is 15.0 Å². The van der Waals surface area contributed by atoms with Crippen LogP contribution in [-0.2, 0) is 6.42 Å². The molecule has 0 saturated carbocycles. The quantitative estimate of drug-likeness (QED) is 0.786. The van der Waals surface area contributed by atoms with Gasteiger partial charge < -0.3 is 4.90 Å². The van der Waals surface area contributed by atoms with E-state index in [0.29, 0.717) is 0 Å². The molecule has 4 nitrogen and oxygen atoms in total. The molecule has 0 spiro atoms. The van der Waals surface area contributed by atoms with Crippen molar-refractivity contribution in [3.8, 4) is 0 Å². The lowest BCUT2D eigenvalue weighted by Crippen LogP contribution is -2.28. The maximum Gasteiger partial charge on any atom is 0.142 e. The van der Waals surface area contributed by atoms with E-state index in [1.54, 1.807) is 0 Å². The van der Waals surface area contributed by atoms with Crippen molar-refractivity contribution in [2.45, 2.75) is 47.5 Å². The van der Waals surface area contributed by atoms with Gasteiger partial charge in [-0.25, -0.2) is 9.97 Å². The van der Waals surface area contributed by atoms with Crippen LogP contribution >= 0.6 is 0 Å². The first kappa shape index (κ1) is 16.4. The van der Waals surface area contributed by atoms with Gasteiger partial charge in [0.05, 0.1) is 16.6 Å². The minimum absolute atomic E-state index is 0.828. The number of anilines is 1. The Balaban J connectivity index is 0.000000847. The molecule has 0 radical (unpaired) electrons. The summed E-state index contributed by atoms with van der Waals surface area (Å²) < 4.78 is 0. The Hall–Kier alpha value is -1.97. The molecule has 4 heteroatoms. The number of pyridine rings is 1. The largest absolute Gasteiger partial charge is 0.352 e. The van der Waals surface area contributed by atoms with Gasteiger partial charge in [-0.15, -0.1) is 0 Å². The standard InChI is InChI=1S/C16H20N4.C2H6/c1-4-13-15-14(10-11(2)17-13)18-12(3)19-16(15)20-8-6-5-7-9-20;1-2/h5-6,10H,4,7-9H2,1-3H3;1-2H3. The molecule has 22 heavy (non-hydrogen) atoms. The Morgan fingerprint density at radius 3 is 2.50 bits per heavy atom. The molecule has 0 saturated heterocycles. The number of fused-ring (bicyclic) bond motifs is 1. The van der Waals surface area contributed by atoms with Gasteiger partial charge in [0.2, 0.25) is 0 Å². The van der Waals surface area contributed by atoms with Crippen LogP contribution in [0.4, 0.5) is 5.82 Å². The van der Waals surface area contributed by atoms with Crippen LogP contribution in [0.25, 0.3) is 10.9 Å². The van der Waals surface area contributed by atoms with Gasteiger partial charge in [0.1, 0.15) is 11.6 Å². The van der Waals surface area contributed by atoms with Crippen molar-refractivity contribution < 1.29 is 0 Å². The lowest BCUT2D eigenvalue weighted by molar-refractivity contribution is 0.802. The molecule has 0 aliphatic carbocycles. The Bertz CT molecular complexity index is 671. The van der Waals surface area contributed by atoms with Crippen molar-refractivity contribution in [2.75, 3.05) is 18.0 Å². The van der Waals surface area contributed by atoms with Crippen LogP contribution in [0.3, 0.4) is 0 Å². The van der Waals surface area contributed by atoms with Gasteiger partial charge in [-0.05, 0) is 32.8 Å². The van der Waals surface area contributed by atoms with E-state index < -0.39 is 0 Å². The summed E-state index contributed by atoms with van der Waals surface area (Å²) in [7, 11) is 0. The number of hydrogen-bond donors (Lipinski definition) is 0. The molecule has 1 aliphatic heterocycles. The third-order valence-corrected chi connectivity index (χ3v) is 3.67. The summed E-state index contributed by atoms with van der Waals surface area (Å²) in [5, 5.41) is 1.12. The van der Waals surface area contributed by atoms with Crippen molar-refractivity contribution >= 4 is 16.7 Å². The lowest BCUT2D eigenvalue weighted by Gasteiger charge is -2.26. The van der Waals surface area contributed by atoms with Crippen molar-refractivity contribution in [3.63, 3.8) is 0 Å². The first-order valence-corrected chi connectivity index (χ1v) is 8.24. The predicted molar refractivity (Wildman–Crippen MR) is 93.5 cm³/mol. The molecule has 0 atom stereocenters. The van der Waals surface area contributed by atoms with E-state index in [9.17, 15) is 0 Å². The fourth-order valence-corrected chi connectivity index (χ4v) is 2.78. The molecule has 0 N–H and O–H groups in total. The van der Waals surface area contributed by atoms with Gasteiger partial charge in [0, 0.05) is 18.8 Å². The van der Waals surface area contributed by atoms with Gasteiger partial charge in [-0.3, -0.25) is 4.98 Å². The highest BCUT2D eigenvalue weighted by atomic mass is 15.2. The predicted octanol–water partition coefficient (Wildman–Crippen LogP) is 4.00. The van der Waals surface area contributed by atoms with E-state index >= 15 is 0 Å². The SMILES string of the molecule is CC.CCc1nc(C)cc2nc(C)nc(N3CC=CCC3)c12. The van der Waals surface area contributed by atoms with E-state index in [2.05, 4.69) is 40.0 Å². The summed E-state index contributed by atoms with van der Waals surface area (Å²) >= 11 is 0. The number of nitrogens with zero attached hydrogens (tertiary/aromatic N) is 4. The van der Waals surface area contributed by atoms with E-state index in [-0.39, 0.29) is 0 Å². The zero-order valence-corrected chi connectivity index (χ0v) is 14.3. The van der Waals surface area contributed by atoms with Crippen LogP contribution in [-0.4, -0.2) is 28.0 Å². The minimum Gasteiger partial charge on any atom is -0.352 e. The number of aromatic nitrogens is 3. The Morgan fingerprint density at radius 2 is 1.86 bits per heavy atom. The molecule has 0 unspecified atom stereocenters. The van der Waals surface area contributed by atoms with Gasteiger partial charge in [-0.1, -0.05) is 32.9 Å². The molecule has 3 rings (SSSR count). The third-order valence-electron chi connectivity index (χ3n) is 3.67. The fourth-order valence-electron chi connectivity index (χ4n) is 2.78. The molecule has 0 amide bonds. The zero-order valence-electron chi connectivity index (χ0n) is 14.3. The molecular formula is C18H26N4. The average molecular weight is 298 g/mol. The summed E-state index contributed by atoms with van der Waals surface area (Å²) in [6, 6.07) is 2.06. The van der Waals surface area contributed by atoms with Gasteiger partial charge in [-0.2, -0.15) is 0 Å². The van der Waals surface area contributed by atoms with Gasteiger partial charge >= 0.3 is 0 Å². The maximum absolute atomic E-state index is 4.70. The average Bonchev–Trinajstić information content (AvgIpc) is 2.55. The second-order valence-electron chi connectivity index (χ2n) is 5.26. The maximum atomic E-state index is 4.70. The first-order valence-electron chi connectivity index (χ1n) is 8.24. The van der Waals surface area contributed by atoms with Crippen LogP contribution < -0.4 is 4.90 Å². The normalized spacial score (nSPS) is 14.0. The third kappa shape index (κ3) is 3.26. The first-order chi connectivity index (χ1) is 10.7. The summed E-state index contributed by atoms with van der Waals surface area (Å²) in [5.74, 6) is 1.87. The smallest absolute Gasteiger partial charge is 0.142 e. The molecule has 1 aliphatic rings. The van der Waals surface area contributed by atoms with Crippen LogP contribution in [0.1, 0.15) is 44.4 Å². The van der Waals surface area contributed by atoms with E-state index in [4.69, 9.17) is 4.98 Å². The number of hydrogen-bond acceptors (Lipinski definition) is 4. The zero-order chi connectivity index (χ0) is 16.1. The molecule has 2 aromatic heterocycles. The van der Waals surface area contributed by atoms with Crippen molar-refractivity contribution in [2.24, 2.45) is 0 Å². The van der Waals surface area contributed by atoms with Crippen LogP contribution in [0.5, 0.6) is 0 Å². The fraction of sp³-hybridized carbons (Fsp3) is 0.500. The van der Waals surface area contributed by atoms with E-state index in [1.807, 2.05) is 27.7 Å². The molecule has 118 valence electrons. The highest BCUT2D eigenvalue weighted by molar-refractivity contribution is 5.92. The molecule has 0 bridgehead atoms. The Kier molecular flexibility index (Phi) is 5.47. The van der Waals surface area contributed by atoms with Crippen LogP contribution in [0.15, 0.2) is 18.2 Å². The summed E-state index contributed by atoms with van der Waals surface area (Å²) in [6.07, 6.45) is 6.42. The molecule has 3 heterocycles. The Morgan fingerprint density at radius 1 is 1.09 bits per heavy atom. The summed E-state index contributed by atoms with van der Waals surface area (Å²) in [6.45, 7) is 12.1. The summed E-state index contributed by atoms with van der Waals surface area (Å²) in [5.41, 5.74) is 3.15. The number of aryl methyl sites for hydroxylation is 3. The monoisotopic (exact) mass is 298 g/mol. The summed E-state index contributed by atoms with van der Waals surface area (Å²) in [4.78, 5) is 16.3. The van der Waals surface area contributed by atoms with Gasteiger partial charge in [0.25, 0.3) is 0 Å². The Labute approximate surface area is 133 Å². The minimum atomic E-state index is 0.828. The second-order valence-corrected chi connectivity index (χ2v) is 5.26. The highest BCUT2D eigenvalue weighted by Gasteiger charge is 2.17. The van der Waals surface area contributed by atoms with Crippen LogP contribution in [0.2, 0.25) is 0 Å². The van der Waals surface area contributed by atoms with Crippen molar-refractivity contribution in [3.05, 3.63) is 35.4 Å². The van der Waals surface area contributed by atoms with E-state index in [0.717, 1.165) is 59.9 Å². The van der Waals surface area contributed by atoms with E-state index in [1.165, 1.54) is 0 Å².